The highest BCUT2D eigenvalue weighted by molar-refractivity contribution is 5.86. The van der Waals surface area contributed by atoms with Crippen molar-refractivity contribution in [2.24, 2.45) is 0 Å². The quantitative estimate of drug-likeness (QED) is 0.671. The minimum Gasteiger partial charge on any atom is -0.481 e. The first-order valence-electron chi connectivity index (χ1n) is 11.2. The van der Waals surface area contributed by atoms with Gasteiger partial charge in [0.2, 0.25) is 5.91 Å². The Bertz CT molecular complexity index is 987. The fourth-order valence-electron chi connectivity index (χ4n) is 4.55. The third-order valence-electron chi connectivity index (χ3n) is 6.40. The molecule has 174 valence electrons. The molecule has 8 heteroatoms. The summed E-state index contributed by atoms with van der Waals surface area (Å²) in [7, 11) is 1.98. The number of hydrogen-bond acceptors (Lipinski definition) is 5. The first kappa shape index (κ1) is 22.8. The normalized spacial score (nSPS) is 16.6. The SMILES string of the molecule is CN1CCN(C(=O)C(CCC(=O)O)NC(=O)OCC2c3ccccc3-c3ccccc32)CC1. The second-order valence-electron chi connectivity index (χ2n) is 8.58. The maximum absolute atomic E-state index is 13.0. The number of rotatable bonds is 7. The Kier molecular flexibility index (Phi) is 6.93. The second-order valence-corrected chi connectivity index (χ2v) is 8.58. The Balaban J connectivity index is 1.41. The van der Waals surface area contributed by atoms with Crippen molar-refractivity contribution in [3.8, 4) is 11.1 Å². The minimum absolute atomic E-state index is 0.0186. The van der Waals surface area contributed by atoms with Gasteiger partial charge in [0.05, 0.1) is 0 Å². The fourth-order valence-corrected chi connectivity index (χ4v) is 4.55. The topological polar surface area (TPSA) is 99.2 Å². The lowest BCUT2D eigenvalue weighted by Crippen LogP contribution is -2.54. The van der Waals surface area contributed by atoms with Crippen LogP contribution in [0.1, 0.15) is 29.9 Å². The van der Waals surface area contributed by atoms with Crippen LogP contribution < -0.4 is 5.32 Å². The molecule has 2 N–H and O–H groups in total. The van der Waals surface area contributed by atoms with Crippen molar-refractivity contribution in [2.75, 3.05) is 39.8 Å². The van der Waals surface area contributed by atoms with Crippen LogP contribution in [0, 0.1) is 0 Å². The number of carboxylic acids is 1. The van der Waals surface area contributed by atoms with Gasteiger partial charge in [-0.25, -0.2) is 4.79 Å². The maximum atomic E-state index is 13.0. The minimum atomic E-state index is -1.01. The van der Waals surface area contributed by atoms with Crippen LogP contribution in [0.5, 0.6) is 0 Å². The number of carbonyl (C=O) groups is 3. The zero-order valence-corrected chi connectivity index (χ0v) is 18.7. The molecule has 2 aromatic rings. The first-order chi connectivity index (χ1) is 15.9. The molecule has 4 rings (SSSR count). The van der Waals surface area contributed by atoms with Crippen LogP contribution in [-0.4, -0.2) is 78.8 Å². The van der Waals surface area contributed by atoms with Gasteiger partial charge in [-0.3, -0.25) is 9.59 Å². The number of likely N-dealkylation sites (N-methyl/N-ethyl adjacent to an activating group) is 1. The fraction of sp³-hybridized carbons (Fsp3) is 0.400. The van der Waals surface area contributed by atoms with Crippen molar-refractivity contribution >= 4 is 18.0 Å². The number of nitrogens with zero attached hydrogens (tertiary/aromatic N) is 2. The summed E-state index contributed by atoms with van der Waals surface area (Å²) < 4.78 is 5.56. The third-order valence-corrected chi connectivity index (χ3v) is 6.40. The van der Waals surface area contributed by atoms with Gasteiger partial charge in [-0.2, -0.15) is 0 Å². The number of benzene rings is 2. The molecule has 0 aromatic heterocycles. The highest BCUT2D eigenvalue weighted by Crippen LogP contribution is 2.44. The Morgan fingerprint density at radius 3 is 2.15 bits per heavy atom. The molecule has 1 aliphatic heterocycles. The second kappa shape index (κ2) is 10.0. The molecule has 1 atom stereocenters. The highest BCUT2D eigenvalue weighted by Gasteiger charge is 2.31. The lowest BCUT2D eigenvalue weighted by molar-refractivity contribution is -0.138. The van der Waals surface area contributed by atoms with E-state index in [4.69, 9.17) is 9.84 Å². The largest absolute Gasteiger partial charge is 0.481 e. The molecule has 1 fully saturated rings. The van der Waals surface area contributed by atoms with E-state index in [0.717, 1.165) is 35.3 Å². The van der Waals surface area contributed by atoms with E-state index in [1.165, 1.54) is 0 Å². The monoisotopic (exact) mass is 451 g/mol. The van der Waals surface area contributed by atoms with Gasteiger partial charge < -0.3 is 25.0 Å². The molecular weight excluding hydrogens is 422 g/mol. The number of alkyl carbamates (subject to hydrolysis) is 1. The number of aliphatic carboxylic acids is 1. The summed E-state index contributed by atoms with van der Waals surface area (Å²) in [6.07, 6.45) is -0.909. The molecule has 8 nitrogen and oxygen atoms in total. The van der Waals surface area contributed by atoms with Crippen molar-refractivity contribution in [1.29, 1.82) is 0 Å². The number of carboxylic acid groups (broad SMARTS) is 1. The van der Waals surface area contributed by atoms with Crippen molar-refractivity contribution in [1.82, 2.24) is 15.1 Å². The van der Waals surface area contributed by atoms with Crippen LogP contribution in [-0.2, 0) is 14.3 Å². The third kappa shape index (κ3) is 5.17. The number of hydrogen-bond donors (Lipinski definition) is 2. The average molecular weight is 452 g/mol. The molecule has 33 heavy (non-hydrogen) atoms. The van der Waals surface area contributed by atoms with Crippen LogP contribution in [0.25, 0.3) is 11.1 Å². The molecule has 1 unspecified atom stereocenters. The van der Waals surface area contributed by atoms with E-state index in [0.29, 0.717) is 13.1 Å². The van der Waals surface area contributed by atoms with Crippen LogP contribution in [0.3, 0.4) is 0 Å². The van der Waals surface area contributed by atoms with E-state index in [1.54, 1.807) is 4.90 Å². The first-order valence-corrected chi connectivity index (χ1v) is 11.2. The molecular formula is C25H29N3O5. The number of fused-ring (bicyclic) bond motifs is 3. The Labute approximate surface area is 193 Å². The van der Waals surface area contributed by atoms with Crippen LogP contribution in [0.15, 0.2) is 48.5 Å². The van der Waals surface area contributed by atoms with Crippen LogP contribution in [0.4, 0.5) is 4.79 Å². The summed E-state index contributed by atoms with van der Waals surface area (Å²) >= 11 is 0. The molecule has 1 saturated heterocycles. The number of amides is 2. The van der Waals surface area contributed by atoms with Gasteiger partial charge in [-0.15, -0.1) is 0 Å². The van der Waals surface area contributed by atoms with Crippen LogP contribution >= 0.6 is 0 Å². The standard InChI is InChI=1S/C25H29N3O5/c1-27-12-14-28(15-13-27)24(31)22(10-11-23(29)30)26-25(32)33-16-21-19-8-4-2-6-17(19)18-7-3-5-9-20(18)21/h2-9,21-22H,10-16H2,1H3,(H,26,32)(H,29,30). The number of ether oxygens (including phenoxy) is 1. The molecule has 0 saturated carbocycles. The van der Waals surface area contributed by atoms with E-state index in [9.17, 15) is 14.4 Å². The van der Waals surface area contributed by atoms with Gasteiger partial charge >= 0.3 is 12.1 Å². The smallest absolute Gasteiger partial charge is 0.407 e. The maximum Gasteiger partial charge on any atom is 0.407 e. The number of carbonyl (C=O) groups excluding carboxylic acids is 2. The van der Waals surface area contributed by atoms with E-state index in [2.05, 4.69) is 22.3 Å². The van der Waals surface area contributed by atoms with Crippen LogP contribution in [0.2, 0.25) is 0 Å². The van der Waals surface area contributed by atoms with Gasteiger partial charge in [0.1, 0.15) is 12.6 Å². The lowest BCUT2D eigenvalue weighted by Gasteiger charge is -2.34. The van der Waals surface area contributed by atoms with E-state index < -0.39 is 18.1 Å². The summed E-state index contributed by atoms with van der Waals surface area (Å²) in [6.45, 7) is 2.70. The van der Waals surface area contributed by atoms with Crippen molar-refractivity contribution in [3.63, 3.8) is 0 Å². The Hall–Kier alpha value is -3.39. The van der Waals surface area contributed by atoms with Gasteiger partial charge in [0.25, 0.3) is 0 Å². The van der Waals surface area contributed by atoms with Gasteiger partial charge in [0, 0.05) is 38.5 Å². The molecule has 0 spiro atoms. The zero-order valence-electron chi connectivity index (χ0n) is 18.7. The average Bonchev–Trinajstić information content (AvgIpc) is 3.14. The molecule has 0 bridgehead atoms. The van der Waals surface area contributed by atoms with E-state index in [1.807, 2.05) is 43.4 Å². The molecule has 2 aromatic carbocycles. The molecule has 0 radical (unpaired) electrons. The summed E-state index contributed by atoms with van der Waals surface area (Å²) in [4.78, 5) is 40.5. The summed E-state index contributed by atoms with van der Waals surface area (Å²) in [6, 6.07) is 15.2. The predicted molar refractivity (Wildman–Crippen MR) is 123 cm³/mol. The molecule has 1 heterocycles. The lowest BCUT2D eigenvalue weighted by atomic mass is 9.98. The predicted octanol–water partition coefficient (Wildman–Crippen LogP) is 2.53. The van der Waals surface area contributed by atoms with E-state index >= 15 is 0 Å². The Morgan fingerprint density at radius 1 is 1.00 bits per heavy atom. The number of nitrogens with one attached hydrogen (secondary N) is 1. The van der Waals surface area contributed by atoms with Gasteiger partial charge in [0.15, 0.2) is 0 Å². The summed E-state index contributed by atoms with van der Waals surface area (Å²) in [5.41, 5.74) is 4.46. The zero-order chi connectivity index (χ0) is 23.4. The molecule has 1 aliphatic carbocycles. The highest BCUT2D eigenvalue weighted by atomic mass is 16.5. The van der Waals surface area contributed by atoms with Crippen molar-refractivity contribution < 1.29 is 24.2 Å². The van der Waals surface area contributed by atoms with Crippen molar-refractivity contribution in [3.05, 3.63) is 59.7 Å². The van der Waals surface area contributed by atoms with Crippen molar-refractivity contribution in [2.45, 2.75) is 24.8 Å². The summed E-state index contributed by atoms with van der Waals surface area (Å²) in [5.74, 6) is -1.37. The van der Waals surface area contributed by atoms with E-state index in [-0.39, 0.29) is 31.3 Å². The van der Waals surface area contributed by atoms with Gasteiger partial charge in [-0.05, 0) is 35.7 Å². The van der Waals surface area contributed by atoms with Gasteiger partial charge in [-0.1, -0.05) is 48.5 Å². The summed E-state index contributed by atoms with van der Waals surface area (Å²) in [5, 5.41) is 11.7. The Morgan fingerprint density at radius 2 is 1.58 bits per heavy atom. The number of piperazine rings is 1. The molecule has 2 amide bonds. The molecule has 2 aliphatic rings.